The molecule has 3 aromatic rings. The number of thiocarbonyl (C=S) groups is 1. The fourth-order valence-corrected chi connectivity index (χ4v) is 2.64. The van der Waals surface area contributed by atoms with Crippen molar-refractivity contribution in [2.24, 2.45) is 0 Å². The summed E-state index contributed by atoms with van der Waals surface area (Å²) in [6.45, 7) is 6.36. The molecule has 140 valence electrons. The molecule has 0 radical (unpaired) electrons. The Morgan fingerprint density at radius 3 is 2.67 bits per heavy atom. The third-order valence-electron chi connectivity index (χ3n) is 3.63. The van der Waals surface area contributed by atoms with Gasteiger partial charge in [-0.25, -0.2) is 0 Å². The van der Waals surface area contributed by atoms with Crippen LogP contribution in [-0.4, -0.2) is 21.4 Å². The Kier molecular flexibility index (Phi) is 6.03. The van der Waals surface area contributed by atoms with E-state index in [1.54, 1.807) is 0 Å². The summed E-state index contributed by atoms with van der Waals surface area (Å²) >= 11 is 5.31. The van der Waals surface area contributed by atoms with E-state index in [-0.39, 0.29) is 6.10 Å². The zero-order valence-electron chi connectivity index (χ0n) is 15.5. The molecule has 7 heteroatoms. The van der Waals surface area contributed by atoms with Crippen LogP contribution in [0.1, 0.15) is 25.3 Å². The van der Waals surface area contributed by atoms with Crippen molar-refractivity contribution in [3.8, 4) is 17.1 Å². The summed E-state index contributed by atoms with van der Waals surface area (Å²) in [6, 6.07) is 15.6. The Labute approximate surface area is 163 Å². The van der Waals surface area contributed by atoms with Gasteiger partial charge < -0.3 is 19.9 Å². The van der Waals surface area contributed by atoms with Gasteiger partial charge in [-0.15, -0.1) is 0 Å². The second kappa shape index (κ2) is 8.64. The van der Waals surface area contributed by atoms with Gasteiger partial charge in [0.15, 0.2) is 5.11 Å². The molecule has 0 amide bonds. The van der Waals surface area contributed by atoms with Crippen molar-refractivity contribution in [2.75, 3.05) is 5.32 Å². The third-order valence-corrected chi connectivity index (χ3v) is 3.87. The highest BCUT2D eigenvalue weighted by atomic mass is 32.1. The zero-order valence-corrected chi connectivity index (χ0v) is 16.3. The third kappa shape index (κ3) is 5.52. The molecule has 0 aliphatic rings. The first kappa shape index (κ1) is 18.8. The molecule has 0 bridgehead atoms. The van der Waals surface area contributed by atoms with E-state index in [0.717, 1.165) is 22.6 Å². The first-order valence-electron chi connectivity index (χ1n) is 8.71. The largest absolute Gasteiger partial charge is 0.491 e. The summed E-state index contributed by atoms with van der Waals surface area (Å²) in [6.07, 6.45) is 0.144. The highest BCUT2D eigenvalue weighted by Gasteiger charge is 2.09. The molecule has 0 spiro atoms. The Hall–Kier alpha value is -2.93. The van der Waals surface area contributed by atoms with Crippen molar-refractivity contribution in [3.05, 3.63) is 60.0 Å². The van der Waals surface area contributed by atoms with Crippen molar-refractivity contribution in [1.82, 2.24) is 15.5 Å². The van der Waals surface area contributed by atoms with Gasteiger partial charge in [0.25, 0.3) is 0 Å². The molecule has 0 fully saturated rings. The number of hydrogen-bond donors (Lipinski definition) is 2. The van der Waals surface area contributed by atoms with E-state index in [9.17, 15) is 0 Å². The summed E-state index contributed by atoms with van der Waals surface area (Å²) in [5.41, 5.74) is 2.94. The predicted molar refractivity (Wildman–Crippen MR) is 110 cm³/mol. The number of anilines is 1. The number of rotatable bonds is 6. The van der Waals surface area contributed by atoms with Crippen LogP contribution in [0, 0.1) is 6.92 Å². The normalized spacial score (nSPS) is 10.7. The van der Waals surface area contributed by atoms with Crippen molar-refractivity contribution in [2.45, 2.75) is 33.4 Å². The quantitative estimate of drug-likeness (QED) is 0.615. The standard InChI is InChI=1S/C20H22N4O2S/c1-13(2)25-17-9-7-16(8-10-17)22-20(27)21-12-18-23-19(24-26-18)15-6-4-5-14(3)11-15/h4-11,13H,12H2,1-3H3,(H2,21,22,27). The van der Waals surface area contributed by atoms with Gasteiger partial charge in [0.1, 0.15) is 5.75 Å². The minimum Gasteiger partial charge on any atom is -0.491 e. The number of benzene rings is 2. The number of aryl methyl sites for hydroxylation is 1. The van der Waals surface area contributed by atoms with E-state index in [2.05, 4.69) is 20.8 Å². The molecule has 27 heavy (non-hydrogen) atoms. The van der Waals surface area contributed by atoms with Crippen LogP contribution in [-0.2, 0) is 6.54 Å². The smallest absolute Gasteiger partial charge is 0.246 e. The number of hydrogen-bond acceptors (Lipinski definition) is 5. The van der Waals surface area contributed by atoms with E-state index in [1.165, 1.54) is 0 Å². The van der Waals surface area contributed by atoms with E-state index in [4.69, 9.17) is 21.5 Å². The highest BCUT2D eigenvalue weighted by Crippen LogP contribution is 2.18. The highest BCUT2D eigenvalue weighted by molar-refractivity contribution is 7.80. The lowest BCUT2D eigenvalue weighted by Crippen LogP contribution is -2.28. The monoisotopic (exact) mass is 382 g/mol. The molecule has 1 aromatic heterocycles. The summed E-state index contributed by atoms with van der Waals surface area (Å²) in [7, 11) is 0. The summed E-state index contributed by atoms with van der Waals surface area (Å²) in [4.78, 5) is 4.40. The maximum absolute atomic E-state index is 5.62. The van der Waals surface area contributed by atoms with Crippen LogP contribution in [0.3, 0.4) is 0 Å². The maximum atomic E-state index is 5.62. The van der Waals surface area contributed by atoms with Crippen molar-refractivity contribution >= 4 is 23.0 Å². The average Bonchev–Trinajstić information content (AvgIpc) is 3.10. The van der Waals surface area contributed by atoms with Gasteiger partial charge in [0.2, 0.25) is 11.7 Å². The van der Waals surface area contributed by atoms with Crippen LogP contribution in [0.4, 0.5) is 5.69 Å². The molecule has 1 heterocycles. The minimum atomic E-state index is 0.144. The number of nitrogens with one attached hydrogen (secondary N) is 2. The second-order valence-corrected chi connectivity index (χ2v) is 6.79. The molecular weight excluding hydrogens is 360 g/mol. The van der Waals surface area contributed by atoms with Gasteiger partial charge in [0.05, 0.1) is 12.6 Å². The predicted octanol–water partition coefficient (Wildman–Crippen LogP) is 4.32. The van der Waals surface area contributed by atoms with Crippen LogP contribution >= 0.6 is 12.2 Å². The van der Waals surface area contributed by atoms with Crippen LogP contribution in [0.5, 0.6) is 5.75 Å². The topological polar surface area (TPSA) is 72.2 Å². The Bertz CT molecular complexity index is 906. The number of nitrogens with zero attached hydrogens (tertiary/aromatic N) is 2. The number of aromatic nitrogens is 2. The molecule has 0 aliphatic carbocycles. The van der Waals surface area contributed by atoms with Crippen molar-refractivity contribution in [3.63, 3.8) is 0 Å². The zero-order chi connectivity index (χ0) is 19.2. The first-order chi connectivity index (χ1) is 13.0. The molecule has 2 N–H and O–H groups in total. The first-order valence-corrected chi connectivity index (χ1v) is 9.11. The van der Waals surface area contributed by atoms with Crippen LogP contribution in [0.25, 0.3) is 11.4 Å². The fraction of sp³-hybridized carbons (Fsp3) is 0.250. The van der Waals surface area contributed by atoms with Crippen molar-refractivity contribution < 1.29 is 9.26 Å². The molecule has 2 aromatic carbocycles. The molecule has 3 rings (SSSR count). The molecule has 0 saturated carbocycles. The van der Waals surface area contributed by atoms with Gasteiger partial charge in [0, 0.05) is 11.3 Å². The Morgan fingerprint density at radius 2 is 1.96 bits per heavy atom. The maximum Gasteiger partial charge on any atom is 0.246 e. The van der Waals surface area contributed by atoms with Gasteiger partial charge in [-0.05, 0) is 63.3 Å². The summed E-state index contributed by atoms with van der Waals surface area (Å²) < 4.78 is 10.9. The second-order valence-electron chi connectivity index (χ2n) is 6.38. The Morgan fingerprint density at radius 1 is 1.19 bits per heavy atom. The number of ether oxygens (including phenoxy) is 1. The van der Waals surface area contributed by atoms with Crippen LogP contribution in [0.15, 0.2) is 53.1 Å². The molecular formula is C20H22N4O2S. The average molecular weight is 382 g/mol. The molecule has 0 unspecified atom stereocenters. The van der Waals surface area contributed by atoms with E-state index in [1.807, 2.05) is 69.3 Å². The molecule has 0 atom stereocenters. The SMILES string of the molecule is Cc1cccc(-c2noc(CNC(=S)Nc3ccc(OC(C)C)cc3)n2)c1. The van der Waals surface area contributed by atoms with Gasteiger partial charge in [-0.2, -0.15) is 4.98 Å². The van der Waals surface area contributed by atoms with Crippen LogP contribution < -0.4 is 15.4 Å². The van der Waals surface area contributed by atoms with Crippen molar-refractivity contribution in [1.29, 1.82) is 0 Å². The van der Waals surface area contributed by atoms with Crippen LogP contribution in [0.2, 0.25) is 0 Å². The molecule has 0 aliphatic heterocycles. The Balaban J connectivity index is 1.52. The lowest BCUT2D eigenvalue weighted by atomic mass is 10.1. The summed E-state index contributed by atoms with van der Waals surface area (Å²) in [5.74, 6) is 1.86. The van der Waals surface area contributed by atoms with E-state index in [0.29, 0.717) is 23.4 Å². The summed E-state index contributed by atoms with van der Waals surface area (Å²) in [5, 5.41) is 10.7. The lowest BCUT2D eigenvalue weighted by Gasteiger charge is -2.12. The van der Waals surface area contributed by atoms with Gasteiger partial charge in [-0.3, -0.25) is 0 Å². The van der Waals surface area contributed by atoms with E-state index < -0.39 is 0 Å². The fourth-order valence-electron chi connectivity index (χ4n) is 2.45. The molecule has 6 nitrogen and oxygen atoms in total. The minimum absolute atomic E-state index is 0.144. The van der Waals surface area contributed by atoms with Gasteiger partial charge in [-0.1, -0.05) is 28.9 Å². The van der Waals surface area contributed by atoms with Gasteiger partial charge >= 0.3 is 0 Å². The van der Waals surface area contributed by atoms with E-state index >= 15 is 0 Å². The molecule has 0 saturated heterocycles. The lowest BCUT2D eigenvalue weighted by molar-refractivity contribution is 0.242.